The van der Waals surface area contributed by atoms with Crippen LogP contribution in [0.15, 0.2) is 24.3 Å². The normalized spacial score (nSPS) is 13.7. The minimum Gasteiger partial charge on any atom is -0.395 e. The van der Waals surface area contributed by atoms with Crippen LogP contribution in [-0.2, 0) is 12.6 Å². The highest BCUT2D eigenvalue weighted by molar-refractivity contribution is 5.24. The summed E-state index contributed by atoms with van der Waals surface area (Å²) in [7, 11) is 0. The monoisotopic (exact) mass is 247 g/mol. The highest BCUT2D eigenvalue weighted by Gasteiger charge is 2.29. The van der Waals surface area contributed by atoms with Crippen molar-refractivity contribution < 1.29 is 18.3 Å². The van der Waals surface area contributed by atoms with Crippen molar-refractivity contribution in [2.75, 3.05) is 13.2 Å². The van der Waals surface area contributed by atoms with Crippen molar-refractivity contribution in [3.8, 4) is 0 Å². The molecule has 2 N–H and O–H groups in total. The first-order chi connectivity index (χ1) is 7.93. The van der Waals surface area contributed by atoms with Crippen LogP contribution in [-0.4, -0.2) is 24.3 Å². The molecule has 0 aliphatic carbocycles. The SMILES string of the molecule is CC(CO)NCCc1ccc(C(F)(F)F)cc1. The Morgan fingerprint density at radius 3 is 2.29 bits per heavy atom. The van der Waals surface area contributed by atoms with Gasteiger partial charge in [-0.1, -0.05) is 12.1 Å². The Labute approximate surface area is 98.5 Å². The first kappa shape index (κ1) is 14.0. The lowest BCUT2D eigenvalue weighted by molar-refractivity contribution is -0.137. The molecule has 0 saturated heterocycles. The van der Waals surface area contributed by atoms with E-state index in [9.17, 15) is 13.2 Å². The van der Waals surface area contributed by atoms with Crippen molar-refractivity contribution in [2.45, 2.75) is 25.6 Å². The minimum atomic E-state index is -4.28. The van der Waals surface area contributed by atoms with E-state index in [0.717, 1.165) is 17.7 Å². The molecular weight excluding hydrogens is 231 g/mol. The molecule has 96 valence electrons. The van der Waals surface area contributed by atoms with E-state index in [2.05, 4.69) is 5.32 Å². The van der Waals surface area contributed by atoms with Gasteiger partial charge in [0.1, 0.15) is 0 Å². The predicted molar refractivity (Wildman–Crippen MR) is 59.7 cm³/mol. The van der Waals surface area contributed by atoms with Gasteiger partial charge in [0.25, 0.3) is 0 Å². The van der Waals surface area contributed by atoms with Crippen molar-refractivity contribution in [1.29, 1.82) is 0 Å². The highest BCUT2D eigenvalue weighted by Crippen LogP contribution is 2.29. The fourth-order valence-corrected chi connectivity index (χ4v) is 1.39. The van der Waals surface area contributed by atoms with Gasteiger partial charge in [-0.25, -0.2) is 0 Å². The number of aliphatic hydroxyl groups excluding tert-OH is 1. The first-order valence-corrected chi connectivity index (χ1v) is 5.44. The summed E-state index contributed by atoms with van der Waals surface area (Å²) in [6, 6.07) is 5.14. The third-order valence-electron chi connectivity index (χ3n) is 2.46. The van der Waals surface area contributed by atoms with Crippen LogP contribution in [0.1, 0.15) is 18.1 Å². The van der Waals surface area contributed by atoms with E-state index in [0.29, 0.717) is 13.0 Å². The lowest BCUT2D eigenvalue weighted by Gasteiger charge is -2.11. The number of benzene rings is 1. The van der Waals surface area contributed by atoms with Gasteiger partial charge >= 0.3 is 6.18 Å². The zero-order chi connectivity index (χ0) is 12.9. The van der Waals surface area contributed by atoms with Gasteiger partial charge in [0.15, 0.2) is 0 Å². The fraction of sp³-hybridized carbons (Fsp3) is 0.500. The number of hydrogen-bond acceptors (Lipinski definition) is 2. The van der Waals surface area contributed by atoms with E-state index in [1.54, 1.807) is 0 Å². The van der Waals surface area contributed by atoms with Crippen molar-refractivity contribution in [1.82, 2.24) is 5.32 Å². The van der Waals surface area contributed by atoms with E-state index >= 15 is 0 Å². The molecule has 0 heterocycles. The predicted octanol–water partition coefficient (Wildman–Crippen LogP) is 2.22. The molecule has 0 amide bonds. The molecule has 1 aromatic rings. The summed E-state index contributed by atoms with van der Waals surface area (Å²) < 4.78 is 36.8. The van der Waals surface area contributed by atoms with Crippen LogP contribution in [0.25, 0.3) is 0 Å². The molecule has 0 fully saturated rings. The molecule has 1 unspecified atom stereocenters. The average molecular weight is 247 g/mol. The van der Waals surface area contributed by atoms with Crippen LogP contribution in [0.2, 0.25) is 0 Å². The molecule has 0 aliphatic rings. The molecule has 2 nitrogen and oxygen atoms in total. The minimum absolute atomic E-state index is 0.00412. The molecule has 0 spiro atoms. The summed E-state index contributed by atoms with van der Waals surface area (Å²) in [5, 5.41) is 11.8. The van der Waals surface area contributed by atoms with Gasteiger partial charge in [0.2, 0.25) is 0 Å². The van der Waals surface area contributed by atoms with E-state index in [1.165, 1.54) is 12.1 Å². The molecule has 5 heteroatoms. The highest BCUT2D eigenvalue weighted by atomic mass is 19.4. The quantitative estimate of drug-likeness (QED) is 0.836. The molecule has 1 aromatic carbocycles. The van der Waals surface area contributed by atoms with Crippen LogP contribution >= 0.6 is 0 Å². The Bertz CT molecular complexity index is 335. The van der Waals surface area contributed by atoms with E-state index in [1.807, 2.05) is 6.92 Å². The smallest absolute Gasteiger partial charge is 0.395 e. The summed E-state index contributed by atoms with van der Waals surface area (Å²) in [5.41, 5.74) is 0.216. The molecule has 0 saturated carbocycles. The summed E-state index contributed by atoms with van der Waals surface area (Å²) in [6.45, 7) is 2.52. The molecule has 0 aliphatic heterocycles. The number of nitrogens with one attached hydrogen (secondary N) is 1. The number of halogens is 3. The largest absolute Gasteiger partial charge is 0.416 e. The molecule has 17 heavy (non-hydrogen) atoms. The second kappa shape index (κ2) is 6.02. The summed E-state index contributed by atoms with van der Waals surface area (Å²) in [4.78, 5) is 0. The molecule has 1 rings (SSSR count). The second-order valence-electron chi connectivity index (χ2n) is 3.98. The van der Waals surface area contributed by atoms with Gasteiger partial charge in [-0.3, -0.25) is 0 Å². The van der Waals surface area contributed by atoms with Gasteiger partial charge in [-0.2, -0.15) is 13.2 Å². The summed E-state index contributed by atoms with van der Waals surface area (Å²) in [6.07, 6.45) is -3.63. The Balaban J connectivity index is 2.46. The van der Waals surface area contributed by atoms with Crippen molar-refractivity contribution >= 4 is 0 Å². The number of hydrogen-bond donors (Lipinski definition) is 2. The number of alkyl halides is 3. The molecule has 0 bridgehead atoms. The zero-order valence-electron chi connectivity index (χ0n) is 9.59. The Morgan fingerprint density at radius 2 is 1.82 bits per heavy atom. The number of aliphatic hydroxyl groups is 1. The molecule has 0 aromatic heterocycles. The Morgan fingerprint density at radius 1 is 1.24 bits per heavy atom. The molecule has 1 atom stereocenters. The fourth-order valence-electron chi connectivity index (χ4n) is 1.39. The molecular formula is C12H16F3NO. The van der Waals surface area contributed by atoms with Crippen LogP contribution in [0.4, 0.5) is 13.2 Å². The topological polar surface area (TPSA) is 32.3 Å². The van der Waals surface area contributed by atoms with Gasteiger partial charge in [-0.15, -0.1) is 0 Å². The summed E-state index contributed by atoms with van der Waals surface area (Å²) >= 11 is 0. The van der Waals surface area contributed by atoms with Crippen LogP contribution in [0.5, 0.6) is 0 Å². The number of rotatable bonds is 5. The first-order valence-electron chi connectivity index (χ1n) is 5.44. The van der Waals surface area contributed by atoms with Crippen LogP contribution in [0, 0.1) is 0 Å². The van der Waals surface area contributed by atoms with Crippen LogP contribution in [0.3, 0.4) is 0 Å². The van der Waals surface area contributed by atoms with Crippen molar-refractivity contribution in [2.24, 2.45) is 0 Å². The van der Waals surface area contributed by atoms with E-state index in [4.69, 9.17) is 5.11 Å². The van der Waals surface area contributed by atoms with Gasteiger partial charge in [-0.05, 0) is 37.6 Å². The van der Waals surface area contributed by atoms with Gasteiger partial charge < -0.3 is 10.4 Å². The van der Waals surface area contributed by atoms with Crippen LogP contribution < -0.4 is 5.32 Å². The Kier molecular flexibility index (Phi) is 4.96. The van der Waals surface area contributed by atoms with Crippen molar-refractivity contribution in [3.05, 3.63) is 35.4 Å². The van der Waals surface area contributed by atoms with Crippen molar-refractivity contribution in [3.63, 3.8) is 0 Å². The maximum atomic E-state index is 12.3. The van der Waals surface area contributed by atoms with E-state index in [-0.39, 0.29) is 12.6 Å². The standard InChI is InChI=1S/C12H16F3NO/c1-9(8-17)16-7-6-10-2-4-11(5-3-10)12(13,14)15/h2-5,9,16-17H,6-8H2,1H3. The van der Waals surface area contributed by atoms with E-state index < -0.39 is 11.7 Å². The third-order valence-corrected chi connectivity index (χ3v) is 2.46. The lowest BCUT2D eigenvalue weighted by Crippen LogP contribution is -2.30. The Hall–Kier alpha value is -1.07. The average Bonchev–Trinajstić information content (AvgIpc) is 2.28. The third kappa shape index (κ3) is 4.75. The second-order valence-corrected chi connectivity index (χ2v) is 3.98. The van der Waals surface area contributed by atoms with Gasteiger partial charge in [0, 0.05) is 6.04 Å². The maximum Gasteiger partial charge on any atom is 0.416 e. The maximum absolute atomic E-state index is 12.3. The molecule has 0 radical (unpaired) electrons. The zero-order valence-corrected chi connectivity index (χ0v) is 9.59. The summed E-state index contributed by atoms with van der Waals surface area (Å²) in [5.74, 6) is 0. The lowest BCUT2D eigenvalue weighted by atomic mass is 10.1. The van der Waals surface area contributed by atoms with Gasteiger partial charge in [0.05, 0.1) is 12.2 Å².